The van der Waals surface area contributed by atoms with E-state index in [0.717, 1.165) is 5.92 Å². The Morgan fingerprint density at radius 3 is 2.65 bits per heavy atom. The SMILES string of the molecule is O=C(C[C@@H]1C[C@@H]2CC[C@@H]1C2)NCC(=O)Nc1cc(Cl)ccc1Cl. The molecule has 0 aromatic heterocycles. The van der Waals surface area contributed by atoms with E-state index in [0.29, 0.717) is 34.0 Å². The monoisotopic (exact) mass is 354 g/mol. The van der Waals surface area contributed by atoms with Crippen molar-refractivity contribution >= 4 is 40.7 Å². The fourth-order valence-corrected chi connectivity index (χ4v) is 4.24. The lowest BCUT2D eigenvalue weighted by molar-refractivity contribution is -0.125. The van der Waals surface area contributed by atoms with Gasteiger partial charge in [0.2, 0.25) is 11.8 Å². The van der Waals surface area contributed by atoms with E-state index in [9.17, 15) is 9.59 Å². The number of anilines is 1. The number of hydrogen-bond donors (Lipinski definition) is 2. The van der Waals surface area contributed by atoms with Crippen LogP contribution in [-0.2, 0) is 9.59 Å². The molecular formula is C17H20Cl2N2O2. The van der Waals surface area contributed by atoms with E-state index >= 15 is 0 Å². The Morgan fingerprint density at radius 2 is 1.96 bits per heavy atom. The molecule has 124 valence electrons. The lowest BCUT2D eigenvalue weighted by atomic mass is 9.86. The third kappa shape index (κ3) is 4.18. The predicted octanol–water partition coefficient (Wildman–Crippen LogP) is 3.87. The second kappa shape index (κ2) is 7.10. The van der Waals surface area contributed by atoms with Crippen molar-refractivity contribution in [2.45, 2.75) is 32.1 Å². The summed E-state index contributed by atoms with van der Waals surface area (Å²) in [5, 5.41) is 6.26. The van der Waals surface area contributed by atoms with Gasteiger partial charge in [-0.1, -0.05) is 29.6 Å². The van der Waals surface area contributed by atoms with E-state index in [1.165, 1.54) is 25.7 Å². The van der Waals surface area contributed by atoms with Gasteiger partial charge in [-0.3, -0.25) is 9.59 Å². The number of carbonyl (C=O) groups is 2. The summed E-state index contributed by atoms with van der Waals surface area (Å²) < 4.78 is 0. The van der Waals surface area contributed by atoms with Gasteiger partial charge in [0.15, 0.2) is 0 Å². The molecule has 2 amide bonds. The van der Waals surface area contributed by atoms with Gasteiger partial charge in [0.25, 0.3) is 0 Å². The average molecular weight is 355 g/mol. The zero-order chi connectivity index (χ0) is 16.4. The van der Waals surface area contributed by atoms with E-state index in [1.807, 2.05) is 0 Å². The first-order chi connectivity index (χ1) is 11.0. The molecule has 3 rings (SSSR count). The Labute approximate surface area is 145 Å². The van der Waals surface area contributed by atoms with Crippen molar-refractivity contribution in [2.75, 3.05) is 11.9 Å². The summed E-state index contributed by atoms with van der Waals surface area (Å²) >= 11 is 11.9. The maximum absolute atomic E-state index is 12.0. The highest BCUT2D eigenvalue weighted by atomic mass is 35.5. The number of nitrogens with one attached hydrogen (secondary N) is 2. The fourth-order valence-electron chi connectivity index (χ4n) is 3.90. The van der Waals surface area contributed by atoms with Gasteiger partial charge in [-0.05, 0) is 55.2 Å². The molecular weight excluding hydrogens is 335 g/mol. The van der Waals surface area contributed by atoms with Crippen molar-refractivity contribution in [3.8, 4) is 0 Å². The molecule has 6 heteroatoms. The van der Waals surface area contributed by atoms with E-state index in [4.69, 9.17) is 23.2 Å². The van der Waals surface area contributed by atoms with E-state index in [-0.39, 0.29) is 18.4 Å². The lowest BCUT2D eigenvalue weighted by Crippen LogP contribution is -2.34. The molecule has 4 nitrogen and oxygen atoms in total. The fraction of sp³-hybridized carbons (Fsp3) is 0.529. The van der Waals surface area contributed by atoms with Crippen molar-refractivity contribution in [2.24, 2.45) is 17.8 Å². The first-order valence-corrected chi connectivity index (χ1v) is 8.78. The Kier molecular flexibility index (Phi) is 5.12. The number of fused-ring (bicyclic) bond motifs is 2. The van der Waals surface area contributed by atoms with Crippen LogP contribution < -0.4 is 10.6 Å². The first-order valence-electron chi connectivity index (χ1n) is 8.03. The Hall–Kier alpha value is -1.26. The van der Waals surface area contributed by atoms with Crippen molar-refractivity contribution < 1.29 is 9.59 Å². The third-order valence-electron chi connectivity index (χ3n) is 4.98. The molecule has 2 N–H and O–H groups in total. The molecule has 2 fully saturated rings. The molecule has 0 heterocycles. The number of rotatable bonds is 5. The summed E-state index contributed by atoms with van der Waals surface area (Å²) in [6.07, 6.45) is 5.57. The van der Waals surface area contributed by atoms with Gasteiger partial charge < -0.3 is 10.6 Å². The van der Waals surface area contributed by atoms with Gasteiger partial charge in [0, 0.05) is 11.4 Å². The molecule has 2 aliphatic carbocycles. The van der Waals surface area contributed by atoms with Crippen LogP contribution in [0.1, 0.15) is 32.1 Å². The molecule has 2 saturated carbocycles. The van der Waals surface area contributed by atoms with Gasteiger partial charge in [-0.15, -0.1) is 0 Å². The first kappa shape index (κ1) is 16.6. The Balaban J connectivity index is 1.43. The maximum Gasteiger partial charge on any atom is 0.243 e. The second-order valence-electron chi connectivity index (χ2n) is 6.59. The molecule has 1 aromatic carbocycles. The van der Waals surface area contributed by atoms with E-state index in [2.05, 4.69) is 10.6 Å². The van der Waals surface area contributed by atoms with Crippen LogP contribution in [0.5, 0.6) is 0 Å². The van der Waals surface area contributed by atoms with Gasteiger partial charge in [0.1, 0.15) is 0 Å². The summed E-state index contributed by atoms with van der Waals surface area (Å²) in [5.74, 6) is 1.68. The second-order valence-corrected chi connectivity index (χ2v) is 7.43. The van der Waals surface area contributed by atoms with Crippen LogP contribution >= 0.6 is 23.2 Å². The van der Waals surface area contributed by atoms with Crippen molar-refractivity contribution in [3.05, 3.63) is 28.2 Å². The summed E-state index contributed by atoms with van der Waals surface area (Å²) in [4.78, 5) is 23.9. The molecule has 0 saturated heterocycles. The van der Waals surface area contributed by atoms with Gasteiger partial charge >= 0.3 is 0 Å². The number of benzene rings is 1. The normalized spacial score (nSPS) is 25.4. The smallest absolute Gasteiger partial charge is 0.243 e. The van der Waals surface area contributed by atoms with Gasteiger partial charge in [0.05, 0.1) is 17.3 Å². The Morgan fingerprint density at radius 1 is 1.13 bits per heavy atom. The molecule has 0 spiro atoms. The standard InChI is InChI=1S/C17H20Cl2N2O2/c18-13-3-4-14(19)15(8-13)21-17(23)9-20-16(22)7-12-6-10-1-2-11(12)5-10/h3-4,8,10-12H,1-2,5-7,9H2,(H,20,22)(H,21,23)/t10-,11-,12+/m1/s1. The Bertz CT molecular complexity index is 621. The molecule has 1 aromatic rings. The summed E-state index contributed by atoms with van der Waals surface area (Å²) in [6.45, 7) is -0.0531. The molecule has 23 heavy (non-hydrogen) atoms. The quantitative estimate of drug-likeness (QED) is 0.842. The van der Waals surface area contributed by atoms with E-state index in [1.54, 1.807) is 18.2 Å². The average Bonchev–Trinajstić information content (AvgIpc) is 3.11. The minimum absolute atomic E-state index is 0.0464. The zero-order valence-electron chi connectivity index (χ0n) is 12.8. The molecule has 0 unspecified atom stereocenters. The lowest BCUT2D eigenvalue weighted by Gasteiger charge is -2.20. The van der Waals surface area contributed by atoms with E-state index < -0.39 is 0 Å². The minimum Gasteiger partial charge on any atom is -0.347 e. The number of hydrogen-bond acceptors (Lipinski definition) is 2. The zero-order valence-corrected chi connectivity index (χ0v) is 14.3. The molecule has 2 aliphatic rings. The maximum atomic E-state index is 12.0. The van der Waals surface area contributed by atoms with Crippen molar-refractivity contribution in [1.82, 2.24) is 5.32 Å². The highest BCUT2D eigenvalue weighted by molar-refractivity contribution is 6.35. The van der Waals surface area contributed by atoms with Crippen LogP contribution in [0.4, 0.5) is 5.69 Å². The van der Waals surface area contributed by atoms with Gasteiger partial charge in [-0.25, -0.2) is 0 Å². The molecule has 2 bridgehead atoms. The van der Waals surface area contributed by atoms with Crippen LogP contribution in [0.3, 0.4) is 0 Å². The highest BCUT2D eigenvalue weighted by Crippen LogP contribution is 2.49. The predicted molar refractivity (Wildman–Crippen MR) is 91.7 cm³/mol. The van der Waals surface area contributed by atoms with Crippen LogP contribution in [-0.4, -0.2) is 18.4 Å². The van der Waals surface area contributed by atoms with Crippen LogP contribution in [0.2, 0.25) is 10.0 Å². The molecule has 0 radical (unpaired) electrons. The molecule has 0 aliphatic heterocycles. The van der Waals surface area contributed by atoms with Crippen molar-refractivity contribution in [1.29, 1.82) is 0 Å². The topological polar surface area (TPSA) is 58.2 Å². The number of halogens is 2. The van der Waals surface area contributed by atoms with Crippen LogP contribution in [0.15, 0.2) is 18.2 Å². The van der Waals surface area contributed by atoms with Crippen LogP contribution in [0.25, 0.3) is 0 Å². The summed E-state index contributed by atoms with van der Waals surface area (Å²) in [6, 6.07) is 4.85. The summed E-state index contributed by atoms with van der Waals surface area (Å²) in [5.41, 5.74) is 0.450. The van der Waals surface area contributed by atoms with Gasteiger partial charge in [-0.2, -0.15) is 0 Å². The third-order valence-corrected chi connectivity index (χ3v) is 5.55. The van der Waals surface area contributed by atoms with Crippen molar-refractivity contribution in [3.63, 3.8) is 0 Å². The summed E-state index contributed by atoms with van der Waals surface area (Å²) in [7, 11) is 0. The molecule has 3 atom stereocenters. The van der Waals surface area contributed by atoms with Crippen LogP contribution in [0, 0.1) is 17.8 Å². The number of carbonyl (C=O) groups excluding carboxylic acids is 2. The minimum atomic E-state index is -0.310. The number of amides is 2. The largest absolute Gasteiger partial charge is 0.347 e. The highest BCUT2D eigenvalue weighted by Gasteiger charge is 2.40.